The van der Waals surface area contributed by atoms with Crippen LogP contribution in [0.25, 0.3) is 0 Å². The fourth-order valence-corrected chi connectivity index (χ4v) is 1.14. The normalized spacial score (nSPS) is 15.2. The minimum Gasteiger partial charge on any atom is -0.478 e. The lowest BCUT2D eigenvalue weighted by Crippen LogP contribution is -2.09. The number of carboxylic acids is 2. The fourth-order valence-electron chi connectivity index (χ4n) is 1.14. The second kappa shape index (κ2) is 9.06. The van der Waals surface area contributed by atoms with Crippen molar-refractivity contribution in [1.82, 2.24) is 0 Å². The van der Waals surface area contributed by atoms with Gasteiger partial charge in [0.25, 0.3) is 0 Å². The molecule has 2 fully saturated rings. The molecule has 20 heavy (non-hydrogen) atoms. The maximum absolute atomic E-state index is 10.5. The Labute approximate surface area is 116 Å². The van der Waals surface area contributed by atoms with Crippen LogP contribution in [0.3, 0.4) is 0 Å². The fraction of sp³-hybridized carbons (Fsp3) is 0.429. The quantitative estimate of drug-likeness (QED) is 0.860. The van der Waals surface area contributed by atoms with Crippen molar-refractivity contribution in [1.29, 1.82) is 0 Å². The van der Waals surface area contributed by atoms with Crippen molar-refractivity contribution in [3.63, 3.8) is 0 Å². The molecule has 1 aromatic rings. The zero-order valence-corrected chi connectivity index (χ0v) is 11.1. The largest absolute Gasteiger partial charge is 0.478 e. The molecule has 0 aliphatic carbocycles. The van der Waals surface area contributed by atoms with E-state index in [4.69, 9.17) is 19.7 Å². The Kier molecular flexibility index (Phi) is 7.31. The summed E-state index contributed by atoms with van der Waals surface area (Å²) in [6, 6.07) is 5.48. The number of ether oxygens (including phenoxy) is 2. The van der Waals surface area contributed by atoms with Crippen LogP contribution in [0.2, 0.25) is 0 Å². The van der Waals surface area contributed by atoms with Gasteiger partial charge in [-0.1, -0.05) is 12.1 Å². The Hall–Kier alpha value is -1.92. The third-order valence-electron chi connectivity index (χ3n) is 2.54. The van der Waals surface area contributed by atoms with Crippen molar-refractivity contribution >= 4 is 11.9 Å². The van der Waals surface area contributed by atoms with Crippen molar-refractivity contribution in [3.05, 3.63) is 35.4 Å². The van der Waals surface area contributed by atoms with Gasteiger partial charge >= 0.3 is 11.9 Å². The summed E-state index contributed by atoms with van der Waals surface area (Å²) in [4.78, 5) is 20.9. The zero-order chi connectivity index (χ0) is 14.8. The molecular formula is C14H18O6. The highest BCUT2D eigenvalue weighted by Crippen LogP contribution is 2.07. The van der Waals surface area contributed by atoms with Gasteiger partial charge in [0.15, 0.2) is 0 Å². The predicted octanol–water partition coefficient (Wildman–Crippen LogP) is 1.90. The molecule has 0 amide bonds. The second-order valence-electron chi connectivity index (χ2n) is 4.09. The lowest BCUT2D eigenvalue weighted by molar-refractivity contribution is 0.0366. The molecule has 0 bridgehead atoms. The third-order valence-corrected chi connectivity index (χ3v) is 2.54. The van der Waals surface area contributed by atoms with Crippen LogP contribution >= 0.6 is 0 Å². The lowest BCUT2D eigenvalue weighted by atomic mass is 10.1. The van der Waals surface area contributed by atoms with E-state index in [9.17, 15) is 9.59 Å². The SMILES string of the molecule is C1COC1.C1COC1.O=C(O)c1ccccc1C(=O)O. The first-order valence-electron chi connectivity index (χ1n) is 6.34. The van der Waals surface area contributed by atoms with Crippen LogP contribution in [0.5, 0.6) is 0 Å². The molecule has 110 valence electrons. The van der Waals surface area contributed by atoms with E-state index in [1.165, 1.54) is 37.1 Å². The Morgan fingerprint density at radius 1 is 0.800 bits per heavy atom. The van der Waals surface area contributed by atoms with Crippen molar-refractivity contribution in [2.45, 2.75) is 12.8 Å². The van der Waals surface area contributed by atoms with Crippen LogP contribution in [0.4, 0.5) is 0 Å². The van der Waals surface area contributed by atoms with Gasteiger partial charge in [0.1, 0.15) is 0 Å². The van der Waals surface area contributed by atoms with Gasteiger partial charge in [0.2, 0.25) is 0 Å². The van der Waals surface area contributed by atoms with Gasteiger partial charge in [-0.25, -0.2) is 9.59 Å². The van der Waals surface area contributed by atoms with E-state index in [0.717, 1.165) is 26.4 Å². The zero-order valence-electron chi connectivity index (χ0n) is 11.1. The Balaban J connectivity index is 0.000000200. The van der Waals surface area contributed by atoms with Gasteiger partial charge in [-0.05, 0) is 25.0 Å². The van der Waals surface area contributed by atoms with Gasteiger partial charge in [-0.3, -0.25) is 0 Å². The van der Waals surface area contributed by atoms with Gasteiger partial charge in [-0.15, -0.1) is 0 Å². The first-order valence-corrected chi connectivity index (χ1v) is 6.34. The summed E-state index contributed by atoms with van der Waals surface area (Å²) < 4.78 is 9.44. The summed E-state index contributed by atoms with van der Waals surface area (Å²) >= 11 is 0. The summed E-state index contributed by atoms with van der Waals surface area (Å²) in [6.45, 7) is 4.00. The first kappa shape index (κ1) is 16.1. The second-order valence-corrected chi connectivity index (χ2v) is 4.09. The molecule has 2 aliphatic heterocycles. The van der Waals surface area contributed by atoms with Crippen LogP contribution in [-0.2, 0) is 9.47 Å². The molecule has 6 heteroatoms. The van der Waals surface area contributed by atoms with Crippen molar-refractivity contribution < 1.29 is 29.3 Å². The molecule has 2 saturated heterocycles. The van der Waals surface area contributed by atoms with E-state index in [1.54, 1.807) is 0 Å². The lowest BCUT2D eigenvalue weighted by Gasteiger charge is -2.09. The first-order chi connectivity index (χ1) is 9.63. The van der Waals surface area contributed by atoms with Crippen LogP contribution in [0, 0.1) is 0 Å². The monoisotopic (exact) mass is 282 g/mol. The van der Waals surface area contributed by atoms with Crippen LogP contribution in [-0.4, -0.2) is 48.6 Å². The molecule has 3 rings (SSSR count). The topological polar surface area (TPSA) is 93.1 Å². The average molecular weight is 282 g/mol. The summed E-state index contributed by atoms with van der Waals surface area (Å²) in [5.74, 6) is -2.46. The van der Waals surface area contributed by atoms with E-state index < -0.39 is 11.9 Å². The minimum atomic E-state index is -1.23. The highest BCUT2D eigenvalue weighted by Gasteiger charge is 2.13. The highest BCUT2D eigenvalue weighted by atomic mass is 16.5. The van der Waals surface area contributed by atoms with E-state index in [1.807, 2.05) is 0 Å². The predicted molar refractivity (Wildman–Crippen MR) is 71.2 cm³/mol. The number of hydrogen-bond donors (Lipinski definition) is 2. The van der Waals surface area contributed by atoms with E-state index in [2.05, 4.69) is 0 Å². The van der Waals surface area contributed by atoms with Crippen molar-refractivity contribution in [2.24, 2.45) is 0 Å². The molecule has 0 radical (unpaired) electrons. The van der Waals surface area contributed by atoms with Gasteiger partial charge in [0, 0.05) is 26.4 Å². The summed E-state index contributed by atoms with van der Waals surface area (Å²) in [6.07, 6.45) is 2.56. The number of carbonyl (C=O) groups is 2. The summed E-state index contributed by atoms with van der Waals surface area (Å²) in [5, 5.41) is 17.1. The molecule has 6 nitrogen and oxygen atoms in total. The van der Waals surface area contributed by atoms with Gasteiger partial charge in [-0.2, -0.15) is 0 Å². The van der Waals surface area contributed by atoms with Gasteiger partial charge in [0.05, 0.1) is 11.1 Å². The molecular weight excluding hydrogens is 264 g/mol. The molecule has 0 aromatic heterocycles. The number of carboxylic acid groups (broad SMARTS) is 2. The van der Waals surface area contributed by atoms with Gasteiger partial charge < -0.3 is 19.7 Å². The Morgan fingerprint density at radius 3 is 1.20 bits per heavy atom. The van der Waals surface area contributed by atoms with Crippen LogP contribution in [0.1, 0.15) is 33.6 Å². The minimum absolute atomic E-state index is 0.190. The standard InChI is InChI=1S/C8H6O4.2C3H6O/c9-7(10)5-3-1-2-4-6(5)8(11)12;2*1-2-4-3-1/h1-4H,(H,9,10)(H,11,12);2*1-3H2. The maximum atomic E-state index is 10.5. The number of aromatic carboxylic acids is 2. The number of benzene rings is 1. The number of hydrogen-bond acceptors (Lipinski definition) is 4. The molecule has 2 N–H and O–H groups in total. The number of rotatable bonds is 2. The Morgan fingerprint density at radius 2 is 1.05 bits per heavy atom. The average Bonchev–Trinajstić information content (AvgIpc) is 2.24. The van der Waals surface area contributed by atoms with E-state index in [-0.39, 0.29) is 11.1 Å². The molecule has 2 heterocycles. The maximum Gasteiger partial charge on any atom is 0.336 e. The van der Waals surface area contributed by atoms with Crippen LogP contribution < -0.4 is 0 Å². The summed E-state index contributed by atoms with van der Waals surface area (Å²) in [7, 11) is 0. The van der Waals surface area contributed by atoms with E-state index >= 15 is 0 Å². The molecule has 1 aromatic carbocycles. The Bertz CT molecular complexity index is 386. The van der Waals surface area contributed by atoms with Crippen molar-refractivity contribution in [3.8, 4) is 0 Å². The molecule has 0 atom stereocenters. The summed E-state index contributed by atoms with van der Waals surface area (Å²) in [5.41, 5.74) is -0.380. The molecule has 0 unspecified atom stereocenters. The van der Waals surface area contributed by atoms with Crippen molar-refractivity contribution in [2.75, 3.05) is 26.4 Å². The van der Waals surface area contributed by atoms with E-state index in [0.29, 0.717) is 0 Å². The molecule has 0 spiro atoms. The smallest absolute Gasteiger partial charge is 0.336 e. The highest BCUT2D eigenvalue weighted by molar-refractivity contribution is 6.01. The third kappa shape index (κ3) is 5.81. The molecule has 2 aliphatic rings. The molecule has 0 saturated carbocycles. The van der Waals surface area contributed by atoms with Crippen LogP contribution in [0.15, 0.2) is 24.3 Å².